The molecule has 0 aliphatic carbocycles. The molecule has 22 heavy (non-hydrogen) atoms. The molecule has 1 aromatic carbocycles. The van der Waals surface area contributed by atoms with Crippen LogP contribution in [0.25, 0.3) is 20.2 Å². The lowest BCUT2D eigenvalue weighted by Crippen LogP contribution is -1.93. The Kier molecular flexibility index (Phi) is 6.42. The van der Waals surface area contributed by atoms with Crippen molar-refractivity contribution >= 4 is 42.8 Å². The van der Waals surface area contributed by atoms with Crippen LogP contribution < -0.4 is 0 Å². The fourth-order valence-electron chi connectivity index (χ4n) is 2.82. The second-order valence-electron chi connectivity index (χ2n) is 5.10. The lowest BCUT2D eigenvalue weighted by atomic mass is 9.96. The van der Waals surface area contributed by atoms with Crippen LogP contribution in [-0.2, 0) is 6.42 Å². The third-order valence-corrected chi connectivity index (χ3v) is 5.82. The predicted molar refractivity (Wildman–Crippen MR) is 101 cm³/mol. The molecule has 0 unspecified atom stereocenters. The molecule has 3 aromatic rings. The Morgan fingerprint density at radius 3 is 2.23 bits per heavy atom. The number of nitrogens with zero attached hydrogens (tertiary/aromatic N) is 1. The van der Waals surface area contributed by atoms with E-state index in [1.807, 2.05) is 13.8 Å². The largest absolute Gasteiger partial charge is 0.192 e. The summed E-state index contributed by atoms with van der Waals surface area (Å²) in [5.74, 6) is 0. The van der Waals surface area contributed by atoms with E-state index in [2.05, 4.69) is 35.9 Å². The summed E-state index contributed by atoms with van der Waals surface area (Å²) in [4.78, 5) is 0. The molecule has 116 valence electrons. The molecule has 0 fully saturated rings. The molecule has 2 heterocycles. The lowest BCUT2D eigenvalue weighted by Gasteiger charge is -2.08. The van der Waals surface area contributed by atoms with E-state index in [1.54, 1.807) is 22.7 Å². The second-order valence-corrected chi connectivity index (χ2v) is 6.94. The molecule has 0 spiro atoms. The molecule has 0 bridgehead atoms. The van der Waals surface area contributed by atoms with Gasteiger partial charge in [-0.25, -0.2) is 0 Å². The highest BCUT2D eigenvalue weighted by atomic mass is 32.1. The maximum Gasteiger partial charge on any atom is 0.100 e. The van der Waals surface area contributed by atoms with Gasteiger partial charge in [0.25, 0.3) is 0 Å². The fourth-order valence-corrected chi connectivity index (χ4v) is 4.84. The standard InChI is InChI=1S/C17H17NS2.C2H6/c1-2-3-4-5-6-12-13-7-9-19-16(13)17-14(8-10-20-17)15(12)11-18;1-2/h7-10H,2-6H2,1H3;1-2H3. The van der Waals surface area contributed by atoms with Crippen LogP contribution in [0.2, 0.25) is 0 Å². The number of hydrogen-bond acceptors (Lipinski definition) is 3. The molecular weight excluding hydrogens is 306 g/mol. The Morgan fingerprint density at radius 2 is 1.59 bits per heavy atom. The Labute approximate surface area is 141 Å². The molecule has 3 rings (SSSR count). The molecule has 3 heteroatoms. The van der Waals surface area contributed by atoms with Crippen LogP contribution >= 0.6 is 22.7 Å². The Bertz CT molecular complexity index is 774. The van der Waals surface area contributed by atoms with Crippen molar-refractivity contribution in [3.05, 3.63) is 34.0 Å². The number of rotatable bonds is 5. The lowest BCUT2D eigenvalue weighted by molar-refractivity contribution is 0.668. The highest BCUT2D eigenvalue weighted by Gasteiger charge is 2.15. The van der Waals surface area contributed by atoms with Crippen LogP contribution in [0.3, 0.4) is 0 Å². The van der Waals surface area contributed by atoms with Crippen LogP contribution in [0.5, 0.6) is 0 Å². The van der Waals surface area contributed by atoms with Crippen molar-refractivity contribution in [2.45, 2.75) is 52.9 Å². The quantitative estimate of drug-likeness (QED) is 0.456. The summed E-state index contributed by atoms with van der Waals surface area (Å²) in [6, 6.07) is 6.75. The van der Waals surface area contributed by atoms with Crippen molar-refractivity contribution in [1.29, 1.82) is 5.26 Å². The normalized spacial score (nSPS) is 10.5. The van der Waals surface area contributed by atoms with Gasteiger partial charge in [0.2, 0.25) is 0 Å². The van der Waals surface area contributed by atoms with E-state index in [0.717, 1.165) is 17.4 Å². The molecule has 0 radical (unpaired) electrons. The van der Waals surface area contributed by atoms with Gasteiger partial charge in [0.05, 0.1) is 15.0 Å². The highest BCUT2D eigenvalue weighted by molar-refractivity contribution is 7.25. The minimum atomic E-state index is 0.906. The minimum absolute atomic E-state index is 0.906. The Balaban J connectivity index is 0.000000847. The molecule has 0 amide bonds. The van der Waals surface area contributed by atoms with Gasteiger partial charge in [0.15, 0.2) is 0 Å². The van der Waals surface area contributed by atoms with Gasteiger partial charge in [0, 0.05) is 5.39 Å². The van der Waals surface area contributed by atoms with Crippen molar-refractivity contribution in [2.24, 2.45) is 0 Å². The van der Waals surface area contributed by atoms with Gasteiger partial charge in [-0.05, 0) is 46.7 Å². The van der Waals surface area contributed by atoms with Crippen molar-refractivity contribution in [1.82, 2.24) is 0 Å². The molecule has 0 saturated carbocycles. The Hall–Kier alpha value is -1.37. The van der Waals surface area contributed by atoms with Gasteiger partial charge in [-0.1, -0.05) is 40.0 Å². The zero-order valence-corrected chi connectivity index (χ0v) is 15.2. The number of aryl methyl sites for hydroxylation is 1. The first-order chi connectivity index (χ1) is 10.9. The number of benzene rings is 1. The SMILES string of the molecule is CC.CCCCCCc1c(C#N)c2ccsc2c2sccc12. The maximum atomic E-state index is 9.59. The van der Waals surface area contributed by atoms with Crippen LogP contribution in [0.4, 0.5) is 0 Å². The summed E-state index contributed by atoms with van der Waals surface area (Å²) in [5, 5.41) is 16.3. The van der Waals surface area contributed by atoms with Crippen molar-refractivity contribution in [2.75, 3.05) is 0 Å². The van der Waals surface area contributed by atoms with Crippen molar-refractivity contribution in [3.63, 3.8) is 0 Å². The first-order valence-corrected chi connectivity index (χ1v) is 9.92. The first-order valence-electron chi connectivity index (χ1n) is 8.16. The molecule has 1 nitrogen and oxygen atoms in total. The average Bonchev–Trinajstić information content (AvgIpc) is 3.21. The first kappa shape index (κ1) is 17.0. The molecule has 0 saturated heterocycles. The van der Waals surface area contributed by atoms with Crippen molar-refractivity contribution < 1.29 is 0 Å². The summed E-state index contributed by atoms with van der Waals surface area (Å²) in [6.45, 7) is 6.23. The molecule has 0 atom stereocenters. The molecule has 0 aliphatic rings. The number of hydrogen-bond donors (Lipinski definition) is 0. The third-order valence-electron chi connectivity index (χ3n) is 3.83. The number of thiophene rings is 2. The van der Waals surface area contributed by atoms with Crippen LogP contribution in [-0.4, -0.2) is 0 Å². The van der Waals surface area contributed by atoms with Gasteiger partial charge in [-0.15, -0.1) is 22.7 Å². The average molecular weight is 330 g/mol. The minimum Gasteiger partial charge on any atom is -0.192 e. The number of fused-ring (bicyclic) bond motifs is 3. The fraction of sp³-hybridized carbons (Fsp3) is 0.421. The highest BCUT2D eigenvalue weighted by Crippen LogP contribution is 2.39. The zero-order valence-electron chi connectivity index (χ0n) is 13.6. The van der Waals surface area contributed by atoms with Crippen LogP contribution in [0, 0.1) is 11.3 Å². The molecular formula is C19H23NS2. The third kappa shape index (κ3) is 3.19. The Morgan fingerprint density at radius 1 is 0.955 bits per heavy atom. The van der Waals surface area contributed by atoms with Crippen LogP contribution in [0.1, 0.15) is 57.6 Å². The zero-order chi connectivity index (χ0) is 15.9. The van der Waals surface area contributed by atoms with Gasteiger partial charge >= 0.3 is 0 Å². The van der Waals surface area contributed by atoms with E-state index < -0.39 is 0 Å². The molecule has 0 aliphatic heterocycles. The van der Waals surface area contributed by atoms with Crippen LogP contribution in [0.15, 0.2) is 22.9 Å². The van der Waals surface area contributed by atoms with E-state index in [4.69, 9.17) is 0 Å². The second kappa shape index (κ2) is 8.31. The predicted octanol–water partition coefficient (Wildman–Crippen LogP) is 7.14. The van der Waals surface area contributed by atoms with E-state index in [-0.39, 0.29) is 0 Å². The van der Waals surface area contributed by atoms with Crippen molar-refractivity contribution in [3.8, 4) is 6.07 Å². The summed E-state index contributed by atoms with van der Waals surface area (Å²) >= 11 is 3.55. The van der Waals surface area contributed by atoms with Gasteiger partial charge in [-0.2, -0.15) is 5.26 Å². The van der Waals surface area contributed by atoms with E-state index >= 15 is 0 Å². The summed E-state index contributed by atoms with van der Waals surface area (Å²) in [7, 11) is 0. The summed E-state index contributed by atoms with van der Waals surface area (Å²) < 4.78 is 2.64. The molecule has 0 N–H and O–H groups in total. The number of nitriles is 1. The van der Waals surface area contributed by atoms with E-state index in [0.29, 0.717) is 0 Å². The molecule has 2 aromatic heterocycles. The monoisotopic (exact) mass is 329 g/mol. The van der Waals surface area contributed by atoms with E-state index in [9.17, 15) is 5.26 Å². The van der Waals surface area contributed by atoms with Gasteiger partial charge < -0.3 is 0 Å². The summed E-state index contributed by atoms with van der Waals surface area (Å²) in [5.41, 5.74) is 2.18. The summed E-state index contributed by atoms with van der Waals surface area (Å²) in [6.07, 6.45) is 6.01. The van der Waals surface area contributed by atoms with Gasteiger partial charge in [-0.3, -0.25) is 0 Å². The smallest absolute Gasteiger partial charge is 0.100 e. The van der Waals surface area contributed by atoms with Gasteiger partial charge in [0.1, 0.15) is 6.07 Å². The maximum absolute atomic E-state index is 9.59. The topological polar surface area (TPSA) is 23.8 Å². The number of unbranched alkanes of at least 4 members (excludes halogenated alkanes) is 3. The van der Waals surface area contributed by atoms with E-state index in [1.165, 1.54) is 46.0 Å².